The Balaban J connectivity index is 2.08. The van der Waals surface area contributed by atoms with Gasteiger partial charge in [0, 0.05) is 26.0 Å². The molecular formula is C12H16N6O. The van der Waals surface area contributed by atoms with Gasteiger partial charge < -0.3 is 15.4 Å². The van der Waals surface area contributed by atoms with Crippen LogP contribution in [-0.4, -0.2) is 33.6 Å². The van der Waals surface area contributed by atoms with Gasteiger partial charge in [-0.05, 0) is 18.6 Å². The first-order valence-corrected chi connectivity index (χ1v) is 6.01. The second-order valence-corrected chi connectivity index (χ2v) is 3.66. The maximum atomic E-state index is 5.29. The van der Waals surface area contributed by atoms with Crippen molar-refractivity contribution in [2.24, 2.45) is 0 Å². The molecule has 0 saturated heterocycles. The lowest BCUT2D eigenvalue weighted by Crippen LogP contribution is -2.09. The van der Waals surface area contributed by atoms with Gasteiger partial charge in [-0.1, -0.05) is 6.07 Å². The van der Waals surface area contributed by atoms with Crippen LogP contribution in [-0.2, 0) is 6.54 Å². The molecule has 0 aliphatic rings. The number of nitrogens with zero attached hydrogens (tertiary/aromatic N) is 4. The summed E-state index contributed by atoms with van der Waals surface area (Å²) in [7, 11) is 1.75. The first kappa shape index (κ1) is 13.0. The highest BCUT2D eigenvalue weighted by molar-refractivity contribution is 5.35. The lowest BCUT2D eigenvalue weighted by atomic mass is 10.3. The van der Waals surface area contributed by atoms with Crippen molar-refractivity contribution in [3.8, 4) is 6.01 Å². The highest BCUT2D eigenvalue weighted by atomic mass is 16.5. The molecule has 2 heterocycles. The number of hydrogen-bond donors (Lipinski definition) is 2. The van der Waals surface area contributed by atoms with E-state index in [1.54, 1.807) is 19.4 Å². The van der Waals surface area contributed by atoms with Crippen LogP contribution in [0.3, 0.4) is 0 Å². The Bertz CT molecular complexity index is 519. The van der Waals surface area contributed by atoms with Gasteiger partial charge in [0.15, 0.2) is 0 Å². The third kappa shape index (κ3) is 3.77. The normalized spacial score (nSPS) is 10.0. The van der Waals surface area contributed by atoms with E-state index < -0.39 is 0 Å². The van der Waals surface area contributed by atoms with Crippen LogP contribution in [0.15, 0.2) is 24.5 Å². The largest absolute Gasteiger partial charge is 0.464 e. The van der Waals surface area contributed by atoms with Gasteiger partial charge >= 0.3 is 6.01 Å². The molecule has 7 nitrogen and oxygen atoms in total. The first-order chi connectivity index (χ1) is 9.31. The van der Waals surface area contributed by atoms with E-state index in [0.717, 1.165) is 5.56 Å². The van der Waals surface area contributed by atoms with Crippen molar-refractivity contribution in [2.45, 2.75) is 13.5 Å². The van der Waals surface area contributed by atoms with Crippen LogP contribution in [0.25, 0.3) is 0 Å². The van der Waals surface area contributed by atoms with Gasteiger partial charge in [0.25, 0.3) is 0 Å². The van der Waals surface area contributed by atoms with Crippen LogP contribution in [0.2, 0.25) is 0 Å². The Morgan fingerprint density at radius 2 is 2.05 bits per heavy atom. The zero-order chi connectivity index (χ0) is 13.5. The first-order valence-electron chi connectivity index (χ1n) is 6.01. The Labute approximate surface area is 111 Å². The Morgan fingerprint density at radius 3 is 2.74 bits per heavy atom. The second-order valence-electron chi connectivity index (χ2n) is 3.66. The van der Waals surface area contributed by atoms with Gasteiger partial charge in [-0.15, -0.1) is 0 Å². The molecule has 0 aliphatic carbocycles. The molecule has 2 N–H and O–H groups in total. The highest BCUT2D eigenvalue weighted by Crippen LogP contribution is 2.11. The maximum absolute atomic E-state index is 5.29. The number of aromatic nitrogens is 4. The van der Waals surface area contributed by atoms with E-state index in [1.165, 1.54) is 0 Å². The standard InChI is InChI=1S/C12H16N6O/c1-3-19-12-17-10(13-2)16-11(18-12)15-8-9-5-4-6-14-7-9/h4-7H,3,8H2,1-2H3,(H2,13,15,16,17,18). The number of nitrogens with one attached hydrogen (secondary N) is 2. The number of hydrogen-bond acceptors (Lipinski definition) is 7. The molecule has 7 heteroatoms. The van der Waals surface area contributed by atoms with Crippen LogP contribution in [0.1, 0.15) is 12.5 Å². The summed E-state index contributed by atoms with van der Waals surface area (Å²) < 4.78 is 5.29. The fraction of sp³-hybridized carbons (Fsp3) is 0.333. The summed E-state index contributed by atoms with van der Waals surface area (Å²) in [6, 6.07) is 4.16. The van der Waals surface area contributed by atoms with Gasteiger partial charge in [-0.25, -0.2) is 0 Å². The molecule has 0 atom stereocenters. The van der Waals surface area contributed by atoms with Crippen molar-refractivity contribution in [1.82, 2.24) is 19.9 Å². The predicted molar refractivity (Wildman–Crippen MR) is 72.1 cm³/mol. The molecule has 0 amide bonds. The average molecular weight is 260 g/mol. The molecule has 0 radical (unpaired) electrons. The fourth-order valence-electron chi connectivity index (χ4n) is 1.42. The van der Waals surface area contributed by atoms with E-state index in [2.05, 4.69) is 30.6 Å². The van der Waals surface area contributed by atoms with E-state index in [9.17, 15) is 0 Å². The summed E-state index contributed by atoms with van der Waals surface area (Å²) >= 11 is 0. The van der Waals surface area contributed by atoms with E-state index in [4.69, 9.17) is 4.74 Å². The number of rotatable bonds is 6. The molecule has 2 aromatic heterocycles. The summed E-state index contributed by atoms with van der Waals surface area (Å²) in [5, 5.41) is 5.98. The minimum Gasteiger partial charge on any atom is -0.464 e. The van der Waals surface area contributed by atoms with Gasteiger partial charge in [-0.2, -0.15) is 15.0 Å². The van der Waals surface area contributed by atoms with Crippen molar-refractivity contribution in [3.05, 3.63) is 30.1 Å². The Kier molecular flexibility index (Phi) is 4.44. The van der Waals surface area contributed by atoms with Crippen LogP contribution in [0.4, 0.5) is 11.9 Å². The summed E-state index contributed by atoms with van der Waals surface area (Å²) in [6.45, 7) is 2.98. The van der Waals surface area contributed by atoms with Crippen molar-refractivity contribution in [3.63, 3.8) is 0 Å². The fourth-order valence-corrected chi connectivity index (χ4v) is 1.42. The summed E-state index contributed by atoms with van der Waals surface area (Å²) in [6.07, 6.45) is 3.52. The van der Waals surface area contributed by atoms with E-state index in [-0.39, 0.29) is 0 Å². The summed E-state index contributed by atoms with van der Waals surface area (Å²) in [4.78, 5) is 16.5. The Morgan fingerprint density at radius 1 is 1.21 bits per heavy atom. The smallest absolute Gasteiger partial charge is 0.323 e. The van der Waals surface area contributed by atoms with Gasteiger partial charge in [0.05, 0.1) is 6.61 Å². The third-order valence-corrected chi connectivity index (χ3v) is 2.29. The van der Waals surface area contributed by atoms with Gasteiger partial charge in [0.1, 0.15) is 0 Å². The lowest BCUT2D eigenvalue weighted by Gasteiger charge is -2.08. The molecule has 2 aromatic rings. The monoisotopic (exact) mass is 260 g/mol. The van der Waals surface area contributed by atoms with Crippen LogP contribution in [0, 0.1) is 0 Å². The predicted octanol–water partition coefficient (Wildman–Crippen LogP) is 1.32. The zero-order valence-corrected chi connectivity index (χ0v) is 10.9. The molecule has 0 spiro atoms. The molecule has 0 saturated carbocycles. The molecule has 0 unspecified atom stereocenters. The average Bonchev–Trinajstić information content (AvgIpc) is 2.46. The third-order valence-electron chi connectivity index (χ3n) is 2.29. The maximum Gasteiger partial charge on any atom is 0.323 e. The number of ether oxygens (including phenoxy) is 1. The van der Waals surface area contributed by atoms with Crippen LogP contribution < -0.4 is 15.4 Å². The zero-order valence-electron chi connectivity index (χ0n) is 10.9. The van der Waals surface area contributed by atoms with Crippen molar-refractivity contribution >= 4 is 11.9 Å². The molecule has 0 aromatic carbocycles. The van der Waals surface area contributed by atoms with Gasteiger partial charge in [-0.3, -0.25) is 4.98 Å². The van der Waals surface area contributed by atoms with E-state index >= 15 is 0 Å². The topological polar surface area (TPSA) is 84.9 Å². The molecule has 100 valence electrons. The molecule has 0 bridgehead atoms. The summed E-state index contributed by atoms with van der Waals surface area (Å²) in [5.74, 6) is 0.929. The van der Waals surface area contributed by atoms with Crippen LogP contribution in [0.5, 0.6) is 6.01 Å². The quantitative estimate of drug-likeness (QED) is 0.810. The van der Waals surface area contributed by atoms with Crippen LogP contribution >= 0.6 is 0 Å². The van der Waals surface area contributed by atoms with Crippen molar-refractivity contribution in [1.29, 1.82) is 0 Å². The Hall–Kier alpha value is -2.44. The number of anilines is 2. The minimum atomic E-state index is 0.301. The molecule has 19 heavy (non-hydrogen) atoms. The van der Waals surface area contributed by atoms with Crippen molar-refractivity contribution < 1.29 is 4.74 Å². The lowest BCUT2D eigenvalue weighted by molar-refractivity contribution is 0.312. The second kappa shape index (κ2) is 6.48. The van der Waals surface area contributed by atoms with Crippen molar-refractivity contribution in [2.75, 3.05) is 24.3 Å². The minimum absolute atomic E-state index is 0.301. The molecule has 2 rings (SSSR count). The molecule has 0 aliphatic heterocycles. The van der Waals surface area contributed by atoms with Gasteiger partial charge in [0.2, 0.25) is 11.9 Å². The molecule has 0 fully saturated rings. The summed E-state index contributed by atoms with van der Waals surface area (Å²) in [5.41, 5.74) is 1.05. The van der Waals surface area contributed by atoms with E-state index in [0.29, 0.717) is 31.1 Å². The van der Waals surface area contributed by atoms with E-state index in [1.807, 2.05) is 19.1 Å². The molecular weight excluding hydrogens is 244 g/mol. The highest BCUT2D eigenvalue weighted by Gasteiger charge is 2.05. The SMILES string of the molecule is CCOc1nc(NC)nc(NCc2cccnc2)n1. The number of pyridine rings is 1.